The third-order valence-electron chi connectivity index (χ3n) is 4.67. The van der Waals surface area contributed by atoms with Crippen molar-refractivity contribution in [3.05, 3.63) is 51.6 Å². The fourth-order valence-electron chi connectivity index (χ4n) is 3.53. The van der Waals surface area contributed by atoms with Gasteiger partial charge in [0.2, 0.25) is 0 Å². The zero-order chi connectivity index (χ0) is 20.1. The van der Waals surface area contributed by atoms with E-state index in [1.54, 1.807) is 4.42 Å². The molecule has 0 amide bonds. The van der Waals surface area contributed by atoms with Crippen LogP contribution in [0.5, 0.6) is 0 Å². The van der Waals surface area contributed by atoms with Crippen molar-refractivity contribution >= 4 is 37.8 Å². The van der Waals surface area contributed by atoms with Crippen molar-refractivity contribution in [1.82, 2.24) is 4.42 Å². The monoisotopic (exact) mass is 452 g/mol. The summed E-state index contributed by atoms with van der Waals surface area (Å²) in [5.74, 6) is 0. The molecule has 0 heterocycles. The zero-order valence-electron chi connectivity index (χ0n) is 16.9. The number of hydrogen-bond donors (Lipinski definition) is 2. The number of benzene rings is 2. The molecule has 0 bridgehead atoms. The molecule has 2 aromatic rings. The molecule has 0 spiro atoms. The predicted octanol–water partition coefficient (Wildman–Crippen LogP) is 5.34. The van der Waals surface area contributed by atoms with Crippen molar-refractivity contribution in [3.63, 3.8) is 0 Å². The molecule has 2 rings (SSSR count). The molecule has 2 aromatic carbocycles. The number of halogens is 2. The van der Waals surface area contributed by atoms with Crippen LogP contribution < -0.4 is 15.1 Å². The Labute approximate surface area is 179 Å². The van der Waals surface area contributed by atoms with E-state index in [9.17, 15) is 0 Å². The molecular formula is C21H29Cl2CoN3. The second kappa shape index (κ2) is 10.0. The Morgan fingerprint density at radius 1 is 0.852 bits per heavy atom. The molecule has 6 heteroatoms. The third-order valence-corrected chi connectivity index (χ3v) is 6.47. The molecule has 0 saturated carbocycles. The normalized spacial score (nSPS) is 11.3. The van der Waals surface area contributed by atoms with Crippen molar-refractivity contribution in [2.75, 3.05) is 30.4 Å². The Kier molecular flexibility index (Phi) is 8.32. The van der Waals surface area contributed by atoms with E-state index in [0.29, 0.717) is 6.67 Å². The summed E-state index contributed by atoms with van der Waals surface area (Å²) < 4.78 is 2.93. The van der Waals surface area contributed by atoms with E-state index < -0.39 is 0 Å². The number of hydrogen-bond acceptors (Lipinski definition) is 3. The van der Waals surface area contributed by atoms with Crippen LogP contribution in [0.15, 0.2) is 18.2 Å². The van der Waals surface area contributed by atoms with Crippen LogP contribution in [0.2, 0.25) is 0 Å². The Bertz CT molecular complexity index is 785. The molecule has 0 radical (unpaired) electrons. The van der Waals surface area contributed by atoms with Gasteiger partial charge in [-0.2, -0.15) is 0 Å². The van der Waals surface area contributed by atoms with Crippen LogP contribution in [0.3, 0.4) is 0 Å². The van der Waals surface area contributed by atoms with Crippen LogP contribution in [0.4, 0.5) is 11.4 Å². The van der Waals surface area contributed by atoms with E-state index in [1.807, 2.05) is 0 Å². The second-order valence-corrected chi connectivity index (χ2v) is 8.80. The van der Waals surface area contributed by atoms with Gasteiger partial charge in [0, 0.05) is 0 Å². The Balaban J connectivity index is 1.92. The van der Waals surface area contributed by atoms with Crippen LogP contribution in [0, 0.1) is 41.5 Å². The molecular weight excluding hydrogens is 424 g/mol. The molecule has 27 heavy (non-hydrogen) atoms. The van der Waals surface area contributed by atoms with Crippen molar-refractivity contribution < 1.29 is 13.8 Å². The SMILES string of the molecule is Cc1cc(C)c(NCCN(Cl)CNc2c(C)cc(C)[c]([Co][Cl])c2C)c(C)c1. The molecule has 0 unspecified atom stereocenters. The summed E-state index contributed by atoms with van der Waals surface area (Å²) in [6.45, 7) is 14.8. The number of rotatable bonds is 8. The van der Waals surface area contributed by atoms with Gasteiger partial charge in [0.1, 0.15) is 0 Å². The van der Waals surface area contributed by atoms with Gasteiger partial charge in [-0.3, -0.25) is 0 Å². The number of nitrogens with one attached hydrogen (secondary N) is 2. The maximum atomic E-state index is 6.41. The van der Waals surface area contributed by atoms with Gasteiger partial charge in [-0.1, -0.05) is 5.56 Å². The fourth-order valence-corrected chi connectivity index (χ4v) is 4.98. The first-order valence-corrected chi connectivity index (χ1v) is 11.3. The van der Waals surface area contributed by atoms with E-state index in [1.165, 1.54) is 39.1 Å². The summed E-state index contributed by atoms with van der Waals surface area (Å²) >= 11 is 7.22. The van der Waals surface area contributed by atoms with Gasteiger partial charge in [-0.05, 0) is 6.92 Å². The number of nitrogens with zero attached hydrogens (tertiary/aromatic N) is 1. The van der Waals surface area contributed by atoms with Gasteiger partial charge >= 0.3 is 167 Å². The summed E-state index contributed by atoms with van der Waals surface area (Å²) in [7, 11) is 6.08. The molecule has 0 atom stereocenters. The first-order valence-electron chi connectivity index (χ1n) is 9.03. The summed E-state index contributed by atoms with van der Waals surface area (Å²) in [4.78, 5) is 0. The zero-order valence-corrected chi connectivity index (χ0v) is 19.4. The van der Waals surface area contributed by atoms with Crippen LogP contribution in [-0.4, -0.2) is 24.2 Å². The van der Waals surface area contributed by atoms with Crippen LogP contribution >= 0.6 is 21.9 Å². The molecule has 0 saturated heterocycles. The Morgan fingerprint density at radius 3 is 2.04 bits per heavy atom. The van der Waals surface area contributed by atoms with Gasteiger partial charge in [-0.25, -0.2) is 0 Å². The van der Waals surface area contributed by atoms with Gasteiger partial charge in [0.25, 0.3) is 0 Å². The van der Waals surface area contributed by atoms with Gasteiger partial charge in [0.15, 0.2) is 0 Å². The third kappa shape index (κ3) is 5.78. The van der Waals surface area contributed by atoms with Crippen molar-refractivity contribution in [2.45, 2.75) is 41.5 Å². The van der Waals surface area contributed by atoms with Crippen LogP contribution in [0.1, 0.15) is 33.4 Å². The number of anilines is 2. The molecule has 151 valence electrons. The van der Waals surface area contributed by atoms with Gasteiger partial charge < -0.3 is 0 Å². The summed E-state index contributed by atoms with van der Waals surface area (Å²) in [6, 6.07) is 6.57. The fraction of sp³-hybridized carbons (Fsp3) is 0.429. The first-order chi connectivity index (χ1) is 12.7. The Morgan fingerprint density at radius 2 is 1.44 bits per heavy atom. The molecule has 3 nitrogen and oxygen atoms in total. The molecule has 0 aromatic heterocycles. The molecule has 0 aliphatic carbocycles. The topological polar surface area (TPSA) is 27.3 Å². The molecule has 0 aliphatic rings. The summed E-state index contributed by atoms with van der Waals surface area (Å²) in [5, 5.41) is 6.98. The van der Waals surface area contributed by atoms with Crippen molar-refractivity contribution in [1.29, 1.82) is 0 Å². The summed E-state index contributed by atoms with van der Waals surface area (Å²) in [6.07, 6.45) is 0. The van der Waals surface area contributed by atoms with E-state index in [4.69, 9.17) is 21.9 Å². The van der Waals surface area contributed by atoms with Gasteiger partial charge in [-0.15, -0.1) is 0 Å². The molecule has 0 aliphatic heterocycles. The van der Waals surface area contributed by atoms with Gasteiger partial charge in [0.05, 0.1) is 0 Å². The maximum absolute atomic E-state index is 6.41. The quantitative estimate of drug-likeness (QED) is 0.418. The number of aryl methyl sites for hydroxylation is 5. The van der Waals surface area contributed by atoms with E-state index in [0.717, 1.165) is 37.1 Å². The van der Waals surface area contributed by atoms with Crippen LogP contribution in [-0.2, 0) is 13.8 Å². The predicted molar refractivity (Wildman–Crippen MR) is 116 cm³/mol. The average molecular weight is 453 g/mol. The minimum absolute atomic E-state index is 0.568. The van der Waals surface area contributed by atoms with Crippen LogP contribution in [0.25, 0.3) is 0 Å². The summed E-state index contributed by atoms with van der Waals surface area (Å²) in [5.41, 5.74) is 9.77. The Hall–Kier alpha value is -0.914. The first kappa shape index (κ1) is 22.4. The molecule has 0 fully saturated rings. The standard InChI is InChI=1S/C21H29ClN3.ClH.Co/c1-14-9-16(3)20(17(4)10-14)23-7-8-25(22)13-24-21-18(5)11-15(2)12-19(21)6;;/h9-11,23-24H,7-8,13H2,1-6H3;1H;/q;;+1/p-1. The molecule has 2 N–H and O–H groups in total. The average Bonchev–Trinajstić information content (AvgIpc) is 2.57. The van der Waals surface area contributed by atoms with E-state index in [-0.39, 0.29) is 0 Å². The van der Waals surface area contributed by atoms with Crippen molar-refractivity contribution in [3.8, 4) is 0 Å². The minimum atomic E-state index is 0.568. The van der Waals surface area contributed by atoms with E-state index in [2.05, 4.69) is 70.4 Å². The second-order valence-electron chi connectivity index (χ2n) is 7.09. The van der Waals surface area contributed by atoms with Crippen molar-refractivity contribution in [2.24, 2.45) is 0 Å². The van der Waals surface area contributed by atoms with E-state index >= 15 is 0 Å².